The molecule has 142 valence electrons. The summed E-state index contributed by atoms with van der Waals surface area (Å²) in [6.45, 7) is 2.22. The molecule has 0 spiro atoms. The maximum atomic E-state index is 13.9. The molecule has 1 amide bonds. The van der Waals surface area contributed by atoms with E-state index in [1.165, 1.54) is 30.3 Å². The normalized spacial score (nSPS) is 14.8. The Bertz CT molecular complexity index is 854. The largest absolute Gasteiger partial charge is 0.367 e. The van der Waals surface area contributed by atoms with E-state index in [4.69, 9.17) is 0 Å². The smallest absolute Gasteiger partial charge is 0.271 e. The zero-order chi connectivity index (χ0) is 19.4. The van der Waals surface area contributed by atoms with Crippen LogP contribution >= 0.6 is 0 Å². The summed E-state index contributed by atoms with van der Waals surface area (Å²) >= 11 is 0. The van der Waals surface area contributed by atoms with Crippen LogP contribution in [0.15, 0.2) is 42.5 Å². The number of hydrogen-bond acceptors (Lipinski definition) is 5. The molecule has 0 bridgehead atoms. The average molecular weight is 376 g/mol. The quantitative estimate of drug-likeness (QED) is 0.641. The van der Waals surface area contributed by atoms with Crippen LogP contribution in [0.4, 0.5) is 25.8 Å². The first-order valence-corrected chi connectivity index (χ1v) is 8.39. The zero-order valence-corrected chi connectivity index (χ0v) is 14.4. The van der Waals surface area contributed by atoms with Crippen molar-refractivity contribution >= 4 is 23.0 Å². The molecule has 27 heavy (non-hydrogen) atoms. The summed E-state index contributed by atoms with van der Waals surface area (Å²) in [5.41, 5.74) is 0.612. The first kappa shape index (κ1) is 18.7. The van der Waals surface area contributed by atoms with Crippen LogP contribution in [0.5, 0.6) is 0 Å². The van der Waals surface area contributed by atoms with Gasteiger partial charge in [0.05, 0.1) is 17.2 Å². The number of anilines is 2. The molecule has 1 saturated heterocycles. The molecule has 1 heterocycles. The summed E-state index contributed by atoms with van der Waals surface area (Å²) < 4.78 is 26.9. The summed E-state index contributed by atoms with van der Waals surface area (Å²) in [5.74, 6) is -1.50. The summed E-state index contributed by atoms with van der Waals surface area (Å²) in [4.78, 5) is 26.1. The number of nitro groups is 1. The van der Waals surface area contributed by atoms with Gasteiger partial charge in [-0.3, -0.25) is 19.8 Å². The Labute approximate surface area is 154 Å². The third-order valence-electron chi connectivity index (χ3n) is 4.33. The van der Waals surface area contributed by atoms with Crippen molar-refractivity contribution in [1.82, 2.24) is 4.90 Å². The van der Waals surface area contributed by atoms with E-state index in [9.17, 15) is 23.7 Å². The van der Waals surface area contributed by atoms with Gasteiger partial charge in [0.1, 0.15) is 11.6 Å². The van der Waals surface area contributed by atoms with Gasteiger partial charge in [0.15, 0.2) is 0 Å². The minimum absolute atomic E-state index is 0.0947. The second kappa shape index (κ2) is 8.09. The Kier molecular flexibility index (Phi) is 5.60. The van der Waals surface area contributed by atoms with Crippen LogP contribution in [0.1, 0.15) is 0 Å². The lowest BCUT2D eigenvalue weighted by Crippen LogP contribution is -2.48. The van der Waals surface area contributed by atoms with Gasteiger partial charge >= 0.3 is 0 Å². The number of nitro benzene ring substituents is 1. The number of amides is 1. The van der Waals surface area contributed by atoms with E-state index in [0.29, 0.717) is 37.6 Å². The highest BCUT2D eigenvalue weighted by molar-refractivity contribution is 5.92. The topological polar surface area (TPSA) is 78.7 Å². The number of rotatable bonds is 5. The van der Waals surface area contributed by atoms with E-state index in [1.807, 2.05) is 9.80 Å². The van der Waals surface area contributed by atoms with Gasteiger partial charge in [-0.25, -0.2) is 8.78 Å². The molecule has 0 aromatic heterocycles. The summed E-state index contributed by atoms with van der Waals surface area (Å²) in [7, 11) is 0. The fourth-order valence-corrected chi connectivity index (χ4v) is 2.99. The van der Waals surface area contributed by atoms with Crippen LogP contribution < -0.4 is 10.2 Å². The van der Waals surface area contributed by atoms with Crippen molar-refractivity contribution in [2.45, 2.75) is 0 Å². The van der Waals surface area contributed by atoms with E-state index in [1.54, 1.807) is 6.07 Å². The van der Waals surface area contributed by atoms with Gasteiger partial charge in [0, 0.05) is 50.1 Å². The molecule has 1 fully saturated rings. The molecule has 0 unspecified atom stereocenters. The van der Waals surface area contributed by atoms with Gasteiger partial charge in [-0.2, -0.15) is 0 Å². The van der Waals surface area contributed by atoms with E-state index in [-0.39, 0.29) is 18.1 Å². The van der Waals surface area contributed by atoms with E-state index < -0.39 is 16.6 Å². The van der Waals surface area contributed by atoms with Crippen LogP contribution in [-0.2, 0) is 4.79 Å². The van der Waals surface area contributed by atoms with Gasteiger partial charge in [-0.15, -0.1) is 0 Å². The van der Waals surface area contributed by atoms with Gasteiger partial charge in [0.25, 0.3) is 5.69 Å². The first-order chi connectivity index (χ1) is 12.9. The van der Waals surface area contributed by atoms with E-state index in [0.717, 1.165) is 6.07 Å². The van der Waals surface area contributed by atoms with Gasteiger partial charge < -0.3 is 10.2 Å². The Balaban J connectivity index is 1.52. The fourth-order valence-electron chi connectivity index (χ4n) is 2.99. The number of hydrogen-bond donors (Lipinski definition) is 1. The number of nitrogens with one attached hydrogen (secondary N) is 1. The van der Waals surface area contributed by atoms with Crippen molar-refractivity contribution in [3.8, 4) is 0 Å². The molecule has 0 aliphatic carbocycles. The molecule has 2 aromatic rings. The summed E-state index contributed by atoms with van der Waals surface area (Å²) in [6.07, 6.45) is 0. The molecule has 0 radical (unpaired) electrons. The third kappa shape index (κ3) is 4.76. The van der Waals surface area contributed by atoms with Crippen molar-refractivity contribution in [3.05, 3.63) is 64.2 Å². The standard InChI is InChI=1S/C18H18F2N4O3/c19-13-4-5-17(16(20)10-13)23-8-6-22(7-9-23)12-18(25)21-14-2-1-3-15(11-14)24(26)27/h1-5,10-11H,6-9,12H2,(H,21,25). The van der Waals surface area contributed by atoms with Crippen molar-refractivity contribution < 1.29 is 18.5 Å². The van der Waals surface area contributed by atoms with Crippen LogP contribution in [0, 0.1) is 21.7 Å². The highest BCUT2D eigenvalue weighted by Gasteiger charge is 2.21. The predicted octanol–water partition coefficient (Wildman–Crippen LogP) is 2.63. The Morgan fingerprint density at radius 1 is 1.11 bits per heavy atom. The minimum atomic E-state index is -0.618. The number of benzene rings is 2. The van der Waals surface area contributed by atoms with Gasteiger partial charge in [-0.1, -0.05) is 6.07 Å². The fraction of sp³-hybridized carbons (Fsp3) is 0.278. The van der Waals surface area contributed by atoms with Gasteiger partial charge in [0.2, 0.25) is 5.91 Å². The number of carbonyl (C=O) groups is 1. The van der Waals surface area contributed by atoms with Crippen molar-refractivity contribution in [2.75, 3.05) is 42.9 Å². The zero-order valence-electron chi connectivity index (χ0n) is 14.4. The molecule has 1 aliphatic rings. The van der Waals surface area contributed by atoms with Crippen LogP contribution in [0.2, 0.25) is 0 Å². The number of non-ortho nitro benzene ring substituents is 1. The van der Waals surface area contributed by atoms with E-state index in [2.05, 4.69) is 5.32 Å². The molecule has 1 aliphatic heterocycles. The van der Waals surface area contributed by atoms with Crippen LogP contribution in [-0.4, -0.2) is 48.5 Å². The molecule has 0 atom stereocenters. The number of halogens is 2. The molecule has 0 saturated carbocycles. The first-order valence-electron chi connectivity index (χ1n) is 8.39. The molecule has 3 rings (SSSR count). The van der Waals surface area contributed by atoms with Crippen LogP contribution in [0.25, 0.3) is 0 Å². The SMILES string of the molecule is O=C(CN1CCN(c2ccc(F)cc2F)CC1)Nc1cccc([N+](=O)[O-])c1. The van der Waals surface area contributed by atoms with Crippen LogP contribution in [0.3, 0.4) is 0 Å². The lowest BCUT2D eigenvalue weighted by atomic mass is 10.2. The highest BCUT2D eigenvalue weighted by atomic mass is 19.1. The lowest BCUT2D eigenvalue weighted by Gasteiger charge is -2.35. The molecule has 9 heteroatoms. The Morgan fingerprint density at radius 3 is 2.52 bits per heavy atom. The molecular formula is C18H18F2N4O3. The molecular weight excluding hydrogens is 358 g/mol. The lowest BCUT2D eigenvalue weighted by molar-refractivity contribution is -0.384. The monoisotopic (exact) mass is 376 g/mol. The minimum Gasteiger partial charge on any atom is -0.367 e. The Morgan fingerprint density at radius 2 is 1.85 bits per heavy atom. The third-order valence-corrected chi connectivity index (χ3v) is 4.33. The molecule has 1 N–H and O–H groups in total. The number of carbonyl (C=O) groups excluding carboxylic acids is 1. The van der Waals surface area contributed by atoms with E-state index >= 15 is 0 Å². The molecule has 7 nitrogen and oxygen atoms in total. The van der Waals surface area contributed by atoms with Crippen molar-refractivity contribution in [3.63, 3.8) is 0 Å². The number of nitrogens with zero attached hydrogens (tertiary/aromatic N) is 3. The van der Waals surface area contributed by atoms with Crippen molar-refractivity contribution in [1.29, 1.82) is 0 Å². The maximum Gasteiger partial charge on any atom is 0.271 e. The molecule has 2 aromatic carbocycles. The average Bonchev–Trinajstić information content (AvgIpc) is 2.63. The second-order valence-electron chi connectivity index (χ2n) is 6.21. The summed E-state index contributed by atoms with van der Waals surface area (Å²) in [5, 5.41) is 13.4. The Hall–Kier alpha value is -3.07. The summed E-state index contributed by atoms with van der Waals surface area (Å²) in [6, 6.07) is 9.22. The van der Waals surface area contributed by atoms with Crippen molar-refractivity contribution in [2.24, 2.45) is 0 Å². The maximum absolute atomic E-state index is 13.9. The predicted molar refractivity (Wildman–Crippen MR) is 96.7 cm³/mol. The second-order valence-corrected chi connectivity index (χ2v) is 6.21. The highest BCUT2D eigenvalue weighted by Crippen LogP contribution is 2.21. The number of piperazine rings is 1. The van der Waals surface area contributed by atoms with Gasteiger partial charge in [-0.05, 0) is 18.2 Å².